The summed E-state index contributed by atoms with van der Waals surface area (Å²) in [6.07, 6.45) is -1.49. The molecule has 0 saturated carbocycles. The van der Waals surface area contributed by atoms with Crippen molar-refractivity contribution in [3.8, 4) is 0 Å². The molecule has 0 bridgehead atoms. The summed E-state index contributed by atoms with van der Waals surface area (Å²) >= 11 is 0. The molecule has 0 saturated heterocycles. The van der Waals surface area contributed by atoms with Gasteiger partial charge < -0.3 is 21.3 Å². The SMILES string of the molecule is Nc1ccc(C(=O)NCC[C@H](O)C(=O)O)cc1. The molecule has 6 nitrogen and oxygen atoms in total. The first kappa shape index (κ1) is 13.0. The van der Waals surface area contributed by atoms with Crippen LogP contribution < -0.4 is 11.1 Å². The van der Waals surface area contributed by atoms with Crippen LogP contribution in [0.2, 0.25) is 0 Å². The summed E-state index contributed by atoms with van der Waals surface area (Å²) in [6, 6.07) is 6.33. The van der Waals surface area contributed by atoms with Crippen LogP contribution >= 0.6 is 0 Å². The molecule has 1 rings (SSSR count). The molecule has 0 fully saturated rings. The maximum Gasteiger partial charge on any atom is 0.332 e. The molecule has 17 heavy (non-hydrogen) atoms. The van der Waals surface area contributed by atoms with E-state index in [2.05, 4.69) is 5.32 Å². The van der Waals surface area contributed by atoms with Gasteiger partial charge in [-0.05, 0) is 24.3 Å². The Balaban J connectivity index is 2.40. The topological polar surface area (TPSA) is 113 Å². The van der Waals surface area contributed by atoms with Gasteiger partial charge in [0, 0.05) is 24.2 Å². The second-order valence-corrected chi connectivity index (χ2v) is 3.52. The van der Waals surface area contributed by atoms with E-state index in [-0.39, 0.29) is 18.9 Å². The first-order chi connectivity index (χ1) is 8.00. The van der Waals surface area contributed by atoms with Crippen LogP contribution in [-0.4, -0.2) is 34.7 Å². The molecule has 0 spiro atoms. The number of carbonyl (C=O) groups is 2. The van der Waals surface area contributed by atoms with Crippen LogP contribution in [0.25, 0.3) is 0 Å². The highest BCUT2D eigenvalue weighted by Crippen LogP contribution is 2.05. The number of nitrogen functional groups attached to an aromatic ring is 1. The Hall–Kier alpha value is -2.08. The minimum Gasteiger partial charge on any atom is -0.479 e. The number of amides is 1. The van der Waals surface area contributed by atoms with E-state index in [4.69, 9.17) is 15.9 Å². The zero-order valence-electron chi connectivity index (χ0n) is 9.09. The van der Waals surface area contributed by atoms with E-state index >= 15 is 0 Å². The fourth-order valence-corrected chi connectivity index (χ4v) is 1.18. The van der Waals surface area contributed by atoms with Gasteiger partial charge in [-0.3, -0.25) is 4.79 Å². The lowest BCUT2D eigenvalue weighted by atomic mass is 10.2. The van der Waals surface area contributed by atoms with Crippen LogP contribution in [-0.2, 0) is 4.79 Å². The second-order valence-electron chi connectivity index (χ2n) is 3.52. The van der Waals surface area contributed by atoms with Gasteiger partial charge in [-0.2, -0.15) is 0 Å². The zero-order valence-corrected chi connectivity index (χ0v) is 9.09. The molecule has 0 unspecified atom stereocenters. The maximum atomic E-state index is 11.5. The number of carbonyl (C=O) groups excluding carboxylic acids is 1. The summed E-state index contributed by atoms with van der Waals surface area (Å²) in [5.74, 6) is -1.63. The first-order valence-electron chi connectivity index (χ1n) is 5.05. The van der Waals surface area contributed by atoms with Crippen LogP contribution in [0.3, 0.4) is 0 Å². The van der Waals surface area contributed by atoms with Gasteiger partial charge in [0.1, 0.15) is 0 Å². The normalized spacial score (nSPS) is 11.8. The number of nitrogens with two attached hydrogens (primary N) is 1. The third-order valence-corrected chi connectivity index (χ3v) is 2.16. The molecular formula is C11H14N2O4. The van der Waals surface area contributed by atoms with Crippen LogP contribution in [0.4, 0.5) is 5.69 Å². The minimum absolute atomic E-state index is 0.0317. The monoisotopic (exact) mass is 238 g/mol. The van der Waals surface area contributed by atoms with Crippen molar-refractivity contribution in [2.75, 3.05) is 12.3 Å². The third-order valence-electron chi connectivity index (χ3n) is 2.16. The lowest BCUT2D eigenvalue weighted by molar-refractivity contribution is -0.146. The van der Waals surface area contributed by atoms with Crippen LogP contribution in [0.15, 0.2) is 24.3 Å². The number of benzene rings is 1. The number of carboxylic acid groups (broad SMARTS) is 1. The number of nitrogens with one attached hydrogen (secondary N) is 1. The van der Waals surface area contributed by atoms with E-state index in [1.54, 1.807) is 24.3 Å². The van der Waals surface area contributed by atoms with Gasteiger partial charge in [0.25, 0.3) is 5.91 Å². The molecule has 92 valence electrons. The first-order valence-corrected chi connectivity index (χ1v) is 5.05. The number of rotatable bonds is 5. The Labute approximate surface area is 98.1 Å². The zero-order chi connectivity index (χ0) is 12.8. The Morgan fingerprint density at radius 2 is 1.88 bits per heavy atom. The van der Waals surface area contributed by atoms with Crippen molar-refractivity contribution in [3.05, 3.63) is 29.8 Å². The smallest absolute Gasteiger partial charge is 0.332 e. The average Bonchev–Trinajstić information content (AvgIpc) is 2.29. The van der Waals surface area contributed by atoms with Gasteiger partial charge in [-0.25, -0.2) is 4.79 Å². The minimum atomic E-state index is -1.46. The van der Waals surface area contributed by atoms with Gasteiger partial charge in [0.15, 0.2) is 6.10 Å². The number of aliphatic hydroxyl groups excluding tert-OH is 1. The number of carboxylic acids is 1. The standard InChI is InChI=1S/C11H14N2O4/c12-8-3-1-7(2-4-8)10(15)13-6-5-9(14)11(16)17/h1-4,9,14H,5-6,12H2,(H,13,15)(H,16,17)/t9-/m0/s1. The fourth-order valence-electron chi connectivity index (χ4n) is 1.18. The molecule has 0 aliphatic rings. The van der Waals surface area contributed by atoms with Crippen molar-refractivity contribution in [2.45, 2.75) is 12.5 Å². The molecule has 0 aliphatic heterocycles. The molecule has 1 atom stereocenters. The van der Waals surface area contributed by atoms with E-state index < -0.39 is 12.1 Å². The number of aliphatic carboxylic acids is 1. The second kappa shape index (κ2) is 5.86. The number of anilines is 1. The van der Waals surface area contributed by atoms with Crippen LogP contribution in [0.1, 0.15) is 16.8 Å². The summed E-state index contributed by atoms with van der Waals surface area (Å²) in [6.45, 7) is 0.0939. The Morgan fingerprint density at radius 3 is 2.41 bits per heavy atom. The molecule has 0 aromatic heterocycles. The molecule has 5 N–H and O–H groups in total. The third kappa shape index (κ3) is 4.12. The molecule has 1 aromatic carbocycles. The predicted octanol–water partition coefficient (Wildman–Crippen LogP) is -0.166. The Bertz CT molecular complexity index is 402. The summed E-state index contributed by atoms with van der Waals surface area (Å²) in [7, 11) is 0. The van der Waals surface area contributed by atoms with Crippen molar-refractivity contribution in [1.82, 2.24) is 5.32 Å². The summed E-state index contributed by atoms with van der Waals surface area (Å²) in [4.78, 5) is 21.8. The largest absolute Gasteiger partial charge is 0.479 e. The van der Waals surface area contributed by atoms with Crippen molar-refractivity contribution < 1.29 is 19.8 Å². The quantitative estimate of drug-likeness (QED) is 0.532. The summed E-state index contributed by atoms with van der Waals surface area (Å²) in [5.41, 5.74) is 6.46. The lowest BCUT2D eigenvalue weighted by Crippen LogP contribution is -2.30. The highest BCUT2D eigenvalue weighted by Gasteiger charge is 2.13. The van der Waals surface area contributed by atoms with E-state index in [1.165, 1.54) is 0 Å². The van der Waals surface area contributed by atoms with Crippen molar-refractivity contribution in [2.24, 2.45) is 0 Å². The summed E-state index contributed by atoms with van der Waals surface area (Å²) < 4.78 is 0. The van der Waals surface area contributed by atoms with Gasteiger partial charge in [-0.1, -0.05) is 0 Å². The lowest BCUT2D eigenvalue weighted by Gasteiger charge is -2.07. The maximum absolute atomic E-state index is 11.5. The van der Waals surface area contributed by atoms with Gasteiger partial charge in [-0.15, -0.1) is 0 Å². The van der Waals surface area contributed by atoms with Gasteiger partial charge >= 0.3 is 5.97 Å². The van der Waals surface area contributed by atoms with Crippen LogP contribution in [0, 0.1) is 0 Å². The molecule has 6 heteroatoms. The van der Waals surface area contributed by atoms with Crippen molar-refractivity contribution >= 4 is 17.6 Å². The van der Waals surface area contributed by atoms with Gasteiger partial charge in [0.05, 0.1) is 0 Å². The Kier molecular flexibility index (Phi) is 4.47. The molecule has 1 amide bonds. The molecule has 0 heterocycles. The number of hydrogen-bond acceptors (Lipinski definition) is 4. The van der Waals surface area contributed by atoms with E-state index in [1.807, 2.05) is 0 Å². The molecule has 1 aromatic rings. The number of aliphatic hydroxyl groups is 1. The van der Waals surface area contributed by atoms with E-state index in [9.17, 15) is 9.59 Å². The summed E-state index contributed by atoms with van der Waals surface area (Å²) in [5, 5.41) is 19.9. The van der Waals surface area contributed by atoms with Crippen LogP contribution in [0.5, 0.6) is 0 Å². The Morgan fingerprint density at radius 1 is 1.29 bits per heavy atom. The average molecular weight is 238 g/mol. The van der Waals surface area contributed by atoms with E-state index in [0.29, 0.717) is 11.3 Å². The van der Waals surface area contributed by atoms with Crippen molar-refractivity contribution in [1.29, 1.82) is 0 Å². The van der Waals surface area contributed by atoms with Gasteiger partial charge in [0.2, 0.25) is 0 Å². The number of hydrogen-bond donors (Lipinski definition) is 4. The van der Waals surface area contributed by atoms with Crippen molar-refractivity contribution in [3.63, 3.8) is 0 Å². The molecular weight excluding hydrogens is 224 g/mol. The predicted molar refractivity (Wildman–Crippen MR) is 61.4 cm³/mol. The highest BCUT2D eigenvalue weighted by atomic mass is 16.4. The highest BCUT2D eigenvalue weighted by molar-refractivity contribution is 5.94. The van der Waals surface area contributed by atoms with E-state index in [0.717, 1.165) is 0 Å². The molecule has 0 aliphatic carbocycles. The fraction of sp³-hybridized carbons (Fsp3) is 0.273. The molecule has 0 radical (unpaired) electrons.